The fraction of sp³-hybridized carbons (Fsp3) is 0.667. The van der Waals surface area contributed by atoms with Crippen LogP contribution in [0.15, 0.2) is 12.2 Å². The van der Waals surface area contributed by atoms with Crippen molar-refractivity contribution < 1.29 is 9.59 Å². The second kappa shape index (κ2) is 2.18. The lowest BCUT2D eigenvalue weighted by molar-refractivity contribution is -0.138. The van der Waals surface area contributed by atoms with Gasteiger partial charge in [-0.2, -0.15) is 0 Å². The molecule has 1 aliphatic heterocycles. The standard InChI is InChI=1S/C12H13NO2/c1-13-11(14)9-5-2-3-6(8-4-7(5)8)10(9)12(13)15/h2-3,5-10H,4H2,1H3. The van der Waals surface area contributed by atoms with Crippen molar-refractivity contribution in [2.24, 2.45) is 35.5 Å². The summed E-state index contributed by atoms with van der Waals surface area (Å²) in [5.41, 5.74) is 0. The molecular formula is C12H13NO2. The molecule has 0 radical (unpaired) electrons. The first-order valence-corrected chi connectivity index (χ1v) is 5.70. The first kappa shape index (κ1) is 8.08. The fourth-order valence-electron chi connectivity index (χ4n) is 4.11. The number of amides is 2. The maximum atomic E-state index is 12.0. The average Bonchev–Trinajstić information content (AvgIpc) is 3.02. The molecule has 2 amide bonds. The summed E-state index contributed by atoms with van der Waals surface area (Å²) in [5, 5.41) is 0. The number of rotatable bonds is 0. The van der Waals surface area contributed by atoms with Crippen LogP contribution in [-0.4, -0.2) is 23.8 Å². The highest BCUT2D eigenvalue weighted by Gasteiger charge is 2.66. The fourth-order valence-corrected chi connectivity index (χ4v) is 4.11. The molecular weight excluding hydrogens is 190 g/mol. The van der Waals surface area contributed by atoms with Gasteiger partial charge in [0.05, 0.1) is 11.8 Å². The lowest BCUT2D eigenvalue weighted by Gasteiger charge is -2.37. The van der Waals surface area contributed by atoms with E-state index in [4.69, 9.17) is 0 Å². The molecule has 3 nitrogen and oxygen atoms in total. The van der Waals surface area contributed by atoms with Crippen molar-refractivity contribution in [3.8, 4) is 0 Å². The normalized spacial score (nSPS) is 54.6. The summed E-state index contributed by atoms with van der Waals surface area (Å²) < 4.78 is 0. The van der Waals surface area contributed by atoms with Crippen molar-refractivity contribution in [3.05, 3.63) is 12.2 Å². The zero-order chi connectivity index (χ0) is 10.3. The van der Waals surface area contributed by atoms with Crippen LogP contribution in [0.25, 0.3) is 0 Å². The Morgan fingerprint density at radius 3 is 2.00 bits per heavy atom. The Morgan fingerprint density at radius 1 is 1.07 bits per heavy atom. The summed E-state index contributed by atoms with van der Waals surface area (Å²) in [6, 6.07) is 0. The number of hydrogen-bond donors (Lipinski definition) is 0. The van der Waals surface area contributed by atoms with Gasteiger partial charge in [-0.15, -0.1) is 0 Å². The van der Waals surface area contributed by atoms with Crippen molar-refractivity contribution in [3.63, 3.8) is 0 Å². The summed E-state index contributed by atoms with van der Waals surface area (Å²) >= 11 is 0. The lowest BCUT2D eigenvalue weighted by atomic mass is 9.63. The number of allylic oxidation sites excluding steroid dienone is 2. The van der Waals surface area contributed by atoms with Crippen LogP contribution in [0.1, 0.15) is 6.42 Å². The molecule has 0 aromatic heterocycles. The molecule has 15 heavy (non-hydrogen) atoms. The summed E-state index contributed by atoms with van der Waals surface area (Å²) in [5.74, 6) is 2.26. The van der Waals surface area contributed by atoms with Gasteiger partial charge in [-0.3, -0.25) is 14.5 Å². The van der Waals surface area contributed by atoms with Gasteiger partial charge in [0.2, 0.25) is 11.8 Å². The van der Waals surface area contributed by atoms with Crippen molar-refractivity contribution in [2.75, 3.05) is 7.05 Å². The van der Waals surface area contributed by atoms with Crippen LogP contribution in [0, 0.1) is 35.5 Å². The Kier molecular flexibility index (Phi) is 1.17. The van der Waals surface area contributed by atoms with E-state index in [2.05, 4.69) is 12.2 Å². The van der Waals surface area contributed by atoms with Gasteiger partial charge in [0.15, 0.2) is 0 Å². The van der Waals surface area contributed by atoms with Crippen LogP contribution >= 0.6 is 0 Å². The van der Waals surface area contributed by atoms with E-state index in [1.54, 1.807) is 7.05 Å². The number of carbonyl (C=O) groups is 2. The first-order valence-electron chi connectivity index (χ1n) is 5.70. The largest absolute Gasteiger partial charge is 0.285 e. The number of imide groups is 1. The van der Waals surface area contributed by atoms with Gasteiger partial charge in [0, 0.05) is 7.05 Å². The van der Waals surface area contributed by atoms with Gasteiger partial charge >= 0.3 is 0 Å². The predicted octanol–water partition coefficient (Wildman–Crippen LogP) is 0.669. The Balaban J connectivity index is 1.86. The van der Waals surface area contributed by atoms with Crippen molar-refractivity contribution in [1.29, 1.82) is 0 Å². The molecule has 1 saturated heterocycles. The van der Waals surface area contributed by atoms with E-state index < -0.39 is 0 Å². The van der Waals surface area contributed by atoms with Gasteiger partial charge < -0.3 is 0 Å². The third kappa shape index (κ3) is 0.724. The SMILES string of the molecule is CN1C(=O)C2C3C=CC(C4CC34)C2C1=O. The molecule has 0 aromatic carbocycles. The Labute approximate surface area is 88.1 Å². The third-order valence-electron chi connectivity index (χ3n) is 4.88. The number of carbonyl (C=O) groups excluding carboxylic acids is 2. The molecule has 4 aliphatic carbocycles. The highest BCUT2D eigenvalue weighted by molar-refractivity contribution is 6.05. The molecule has 6 atom stereocenters. The van der Waals surface area contributed by atoms with Crippen LogP contribution < -0.4 is 0 Å². The zero-order valence-corrected chi connectivity index (χ0v) is 8.59. The van der Waals surface area contributed by atoms with E-state index in [-0.39, 0.29) is 23.7 Å². The molecule has 5 rings (SSSR count). The second-order valence-electron chi connectivity index (χ2n) is 5.39. The van der Waals surface area contributed by atoms with Gasteiger partial charge in [0.25, 0.3) is 0 Å². The van der Waals surface area contributed by atoms with Crippen LogP contribution in [0.2, 0.25) is 0 Å². The predicted molar refractivity (Wildman–Crippen MR) is 52.5 cm³/mol. The molecule has 0 aromatic rings. The van der Waals surface area contributed by atoms with Crippen molar-refractivity contribution in [1.82, 2.24) is 4.90 Å². The minimum atomic E-state index is -0.0127. The molecule has 0 N–H and O–H groups in total. The monoisotopic (exact) mass is 203 g/mol. The average molecular weight is 203 g/mol. The van der Waals surface area contributed by atoms with Crippen LogP contribution in [-0.2, 0) is 9.59 Å². The maximum absolute atomic E-state index is 12.0. The summed E-state index contributed by atoms with van der Waals surface area (Å²) in [6.07, 6.45) is 5.63. The van der Waals surface area contributed by atoms with Crippen molar-refractivity contribution >= 4 is 11.8 Å². The topological polar surface area (TPSA) is 37.4 Å². The van der Waals surface area contributed by atoms with Gasteiger partial charge in [0.1, 0.15) is 0 Å². The molecule has 2 bridgehead atoms. The Morgan fingerprint density at radius 2 is 1.53 bits per heavy atom. The molecule has 5 aliphatic rings. The van der Waals surface area contributed by atoms with E-state index in [0.29, 0.717) is 23.7 Å². The van der Waals surface area contributed by atoms with Gasteiger partial charge in [-0.25, -0.2) is 0 Å². The van der Waals surface area contributed by atoms with Gasteiger partial charge in [-0.05, 0) is 30.1 Å². The zero-order valence-electron chi connectivity index (χ0n) is 8.59. The quantitative estimate of drug-likeness (QED) is 0.428. The summed E-state index contributed by atoms with van der Waals surface area (Å²) in [7, 11) is 1.63. The molecule has 0 spiro atoms. The highest BCUT2D eigenvalue weighted by Crippen LogP contribution is 2.65. The van der Waals surface area contributed by atoms with Crippen LogP contribution in [0.5, 0.6) is 0 Å². The Hall–Kier alpha value is -1.12. The number of likely N-dealkylation sites (tertiary alicyclic amines) is 1. The smallest absolute Gasteiger partial charge is 0.233 e. The van der Waals surface area contributed by atoms with E-state index >= 15 is 0 Å². The van der Waals surface area contributed by atoms with Crippen molar-refractivity contribution in [2.45, 2.75) is 6.42 Å². The van der Waals surface area contributed by atoms with E-state index in [1.165, 1.54) is 11.3 Å². The summed E-state index contributed by atoms with van der Waals surface area (Å²) in [4.78, 5) is 25.3. The Bertz CT molecular complexity index is 378. The molecule has 3 fully saturated rings. The minimum absolute atomic E-state index is 0.0127. The lowest BCUT2D eigenvalue weighted by Crippen LogP contribution is -2.40. The van der Waals surface area contributed by atoms with Gasteiger partial charge in [-0.1, -0.05) is 12.2 Å². The van der Waals surface area contributed by atoms with Crippen LogP contribution in [0.4, 0.5) is 0 Å². The molecule has 78 valence electrons. The third-order valence-corrected chi connectivity index (χ3v) is 4.88. The molecule has 6 unspecified atom stereocenters. The first-order chi connectivity index (χ1) is 7.20. The van der Waals surface area contributed by atoms with E-state index in [1.807, 2.05) is 0 Å². The molecule has 1 heterocycles. The maximum Gasteiger partial charge on any atom is 0.233 e. The highest BCUT2D eigenvalue weighted by atomic mass is 16.2. The molecule has 3 heteroatoms. The molecule has 2 saturated carbocycles. The van der Waals surface area contributed by atoms with E-state index in [0.717, 1.165) is 0 Å². The van der Waals surface area contributed by atoms with Crippen LogP contribution in [0.3, 0.4) is 0 Å². The number of hydrogen-bond acceptors (Lipinski definition) is 2. The second-order valence-corrected chi connectivity index (χ2v) is 5.39. The number of nitrogens with zero attached hydrogens (tertiary/aromatic N) is 1. The summed E-state index contributed by atoms with van der Waals surface area (Å²) in [6.45, 7) is 0. The van der Waals surface area contributed by atoms with E-state index in [9.17, 15) is 9.59 Å². The minimum Gasteiger partial charge on any atom is -0.285 e.